The van der Waals surface area contributed by atoms with E-state index in [-0.39, 0.29) is 17.4 Å². The molecule has 33 heavy (non-hydrogen) atoms. The molecule has 0 bridgehead atoms. The number of fused-ring (bicyclic) bond motifs is 3. The highest BCUT2D eigenvalue weighted by molar-refractivity contribution is 5.92. The van der Waals surface area contributed by atoms with Crippen molar-refractivity contribution in [1.29, 1.82) is 0 Å². The fourth-order valence-electron chi connectivity index (χ4n) is 4.87. The third-order valence-electron chi connectivity index (χ3n) is 6.76. The van der Waals surface area contributed by atoms with Crippen molar-refractivity contribution in [2.45, 2.75) is 43.4 Å². The fourth-order valence-corrected chi connectivity index (χ4v) is 4.87. The lowest BCUT2D eigenvalue weighted by Crippen LogP contribution is -2.50. The van der Waals surface area contributed by atoms with E-state index in [4.69, 9.17) is 0 Å². The minimum absolute atomic E-state index is 0.154. The Bertz CT molecular complexity index is 1230. The minimum atomic E-state index is -4.77. The summed E-state index contributed by atoms with van der Waals surface area (Å²) in [7, 11) is 0. The molecule has 0 aliphatic heterocycles. The van der Waals surface area contributed by atoms with Gasteiger partial charge in [0.1, 0.15) is 17.5 Å². The number of benzene rings is 1. The lowest BCUT2D eigenvalue weighted by molar-refractivity contribution is -0.264. The molecule has 174 valence electrons. The summed E-state index contributed by atoms with van der Waals surface area (Å²) in [6, 6.07) is 9.20. The highest BCUT2D eigenvalue weighted by Crippen LogP contribution is 2.40. The Morgan fingerprint density at radius 3 is 2.58 bits per heavy atom. The van der Waals surface area contributed by atoms with Gasteiger partial charge in [0.15, 0.2) is 5.60 Å². The summed E-state index contributed by atoms with van der Waals surface area (Å²) in [5.74, 6) is 0.487. The number of aromatic nitrogens is 5. The Morgan fingerprint density at radius 1 is 1.09 bits per heavy atom. The highest BCUT2D eigenvalue weighted by atomic mass is 19.4. The number of aromatic amines is 1. The van der Waals surface area contributed by atoms with Gasteiger partial charge >= 0.3 is 6.18 Å². The first-order valence-electron chi connectivity index (χ1n) is 11.1. The third kappa shape index (κ3) is 3.97. The van der Waals surface area contributed by atoms with Crippen molar-refractivity contribution in [1.82, 2.24) is 30.1 Å². The molecule has 5 rings (SSSR count). The Balaban J connectivity index is 1.22. The van der Waals surface area contributed by atoms with Gasteiger partial charge < -0.3 is 15.4 Å². The van der Waals surface area contributed by atoms with Crippen molar-refractivity contribution in [2.75, 3.05) is 13.1 Å². The van der Waals surface area contributed by atoms with Crippen LogP contribution in [0.15, 0.2) is 48.9 Å². The molecule has 0 spiro atoms. The standard InChI is InChI=1S/C23H25F3N6O/c24-23(25,26)22(33,17-4-2-1-3-5-17)13-27-12-15-6-8-16(9-7-15)19-20-18-10-11-28-21(18)29-14-32(20)31-30-19/h1-5,10-11,14-16,27-28,33H,6-9,12-13H2. The van der Waals surface area contributed by atoms with Gasteiger partial charge in [-0.25, -0.2) is 9.50 Å². The van der Waals surface area contributed by atoms with E-state index in [1.807, 2.05) is 12.3 Å². The highest BCUT2D eigenvalue weighted by Gasteiger charge is 2.54. The molecule has 4 aromatic rings. The second-order valence-electron chi connectivity index (χ2n) is 8.82. The van der Waals surface area contributed by atoms with Gasteiger partial charge in [0, 0.05) is 24.0 Å². The third-order valence-corrected chi connectivity index (χ3v) is 6.76. The predicted molar refractivity (Wildman–Crippen MR) is 117 cm³/mol. The van der Waals surface area contributed by atoms with E-state index in [0.717, 1.165) is 47.9 Å². The first-order chi connectivity index (χ1) is 15.9. The molecule has 0 radical (unpaired) electrons. The number of nitrogens with one attached hydrogen (secondary N) is 2. The molecule has 1 aliphatic rings. The molecular weight excluding hydrogens is 433 g/mol. The fraction of sp³-hybridized carbons (Fsp3) is 0.435. The number of nitrogens with zero attached hydrogens (tertiary/aromatic N) is 4. The normalized spacial score (nSPS) is 21.5. The van der Waals surface area contributed by atoms with Gasteiger partial charge in [-0.15, -0.1) is 5.10 Å². The van der Waals surface area contributed by atoms with Crippen LogP contribution in [0.25, 0.3) is 16.6 Å². The van der Waals surface area contributed by atoms with E-state index in [1.165, 1.54) is 24.3 Å². The molecule has 3 aromatic heterocycles. The van der Waals surface area contributed by atoms with Crippen LogP contribution in [-0.4, -0.2) is 49.2 Å². The molecule has 3 N–H and O–H groups in total. The van der Waals surface area contributed by atoms with Crippen molar-refractivity contribution in [3.63, 3.8) is 0 Å². The maximum absolute atomic E-state index is 13.7. The van der Waals surface area contributed by atoms with Crippen LogP contribution in [0.3, 0.4) is 0 Å². The maximum atomic E-state index is 13.7. The molecule has 1 aromatic carbocycles. The zero-order valence-electron chi connectivity index (χ0n) is 17.9. The summed E-state index contributed by atoms with van der Waals surface area (Å²) < 4.78 is 42.7. The van der Waals surface area contributed by atoms with Gasteiger partial charge in [-0.1, -0.05) is 35.5 Å². The van der Waals surface area contributed by atoms with Gasteiger partial charge in [-0.2, -0.15) is 13.2 Å². The zero-order valence-corrected chi connectivity index (χ0v) is 17.9. The van der Waals surface area contributed by atoms with E-state index < -0.39 is 18.3 Å². The van der Waals surface area contributed by atoms with Crippen LogP contribution in [-0.2, 0) is 5.60 Å². The van der Waals surface area contributed by atoms with Crippen LogP contribution in [0.4, 0.5) is 13.2 Å². The average Bonchev–Trinajstić information content (AvgIpc) is 3.46. The molecule has 1 atom stereocenters. The molecule has 3 heterocycles. The Labute approximate surface area is 188 Å². The van der Waals surface area contributed by atoms with Gasteiger partial charge in [0.05, 0.1) is 5.69 Å². The molecule has 1 saturated carbocycles. The monoisotopic (exact) mass is 458 g/mol. The van der Waals surface area contributed by atoms with Gasteiger partial charge in [0.2, 0.25) is 0 Å². The Kier molecular flexibility index (Phi) is 5.57. The Morgan fingerprint density at radius 2 is 1.85 bits per heavy atom. The number of hydrogen-bond donors (Lipinski definition) is 3. The van der Waals surface area contributed by atoms with E-state index >= 15 is 0 Å². The van der Waals surface area contributed by atoms with Gasteiger partial charge in [-0.05, 0) is 49.8 Å². The van der Waals surface area contributed by atoms with Gasteiger partial charge in [0.25, 0.3) is 0 Å². The second kappa shape index (κ2) is 8.42. The number of aliphatic hydroxyl groups is 1. The van der Waals surface area contributed by atoms with E-state index in [0.29, 0.717) is 6.54 Å². The van der Waals surface area contributed by atoms with Crippen LogP contribution in [0.2, 0.25) is 0 Å². The quantitative estimate of drug-likeness (QED) is 0.408. The van der Waals surface area contributed by atoms with Crippen LogP contribution in [0.1, 0.15) is 42.9 Å². The van der Waals surface area contributed by atoms with Crippen molar-refractivity contribution < 1.29 is 18.3 Å². The lowest BCUT2D eigenvalue weighted by Gasteiger charge is -2.33. The number of halogens is 3. The van der Waals surface area contributed by atoms with E-state index in [1.54, 1.807) is 16.9 Å². The van der Waals surface area contributed by atoms with Gasteiger partial charge in [-0.3, -0.25) is 0 Å². The minimum Gasteiger partial charge on any atom is -0.375 e. The maximum Gasteiger partial charge on any atom is 0.422 e. The van der Waals surface area contributed by atoms with E-state index in [2.05, 4.69) is 25.6 Å². The smallest absolute Gasteiger partial charge is 0.375 e. The number of H-pyrrole nitrogens is 1. The number of alkyl halides is 3. The molecule has 7 nitrogen and oxygen atoms in total. The Hall–Kier alpha value is -2.98. The summed E-state index contributed by atoms with van der Waals surface area (Å²) in [6.07, 6.45) is 2.23. The summed E-state index contributed by atoms with van der Waals surface area (Å²) >= 11 is 0. The summed E-state index contributed by atoms with van der Waals surface area (Å²) in [5, 5.41) is 23.0. The summed E-state index contributed by atoms with van der Waals surface area (Å²) in [4.78, 5) is 7.44. The molecule has 1 unspecified atom stereocenters. The second-order valence-corrected chi connectivity index (χ2v) is 8.82. The zero-order chi connectivity index (χ0) is 23.1. The first-order valence-corrected chi connectivity index (χ1v) is 11.1. The number of hydrogen-bond acceptors (Lipinski definition) is 5. The largest absolute Gasteiger partial charge is 0.422 e. The van der Waals surface area contributed by atoms with Crippen LogP contribution < -0.4 is 5.32 Å². The summed E-state index contributed by atoms with van der Waals surface area (Å²) in [6.45, 7) is -0.152. The topological polar surface area (TPSA) is 91.1 Å². The predicted octanol–water partition coefficient (Wildman–Crippen LogP) is 3.92. The SMILES string of the molecule is OC(CNCC1CCC(c2nnn3cnc4[nH]ccc4c23)CC1)(c1ccccc1)C(F)(F)F. The molecule has 1 aliphatic carbocycles. The van der Waals surface area contributed by atoms with Crippen molar-refractivity contribution >= 4 is 16.6 Å². The average molecular weight is 458 g/mol. The molecule has 1 fully saturated rings. The lowest BCUT2D eigenvalue weighted by atomic mass is 9.80. The molecule has 10 heteroatoms. The number of rotatable bonds is 6. The van der Waals surface area contributed by atoms with Crippen LogP contribution in [0, 0.1) is 5.92 Å². The van der Waals surface area contributed by atoms with Crippen LogP contribution in [0.5, 0.6) is 0 Å². The van der Waals surface area contributed by atoms with Crippen molar-refractivity contribution in [3.05, 3.63) is 60.2 Å². The first kappa shape index (κ1) is 21.8. The molecule has 0 saturated heterocycles. The molecule has 0 amide bonds. The summed E-state index contributed by atoms with van der Waals surface area (Å²) in [5.41, 5.74) is -0.370. The van der Waals surface area contributed by atoms with Crippen molar-refractivity contribution in [2.24, 2.45) is 5.92 Å². The molecular formula is C23H25F3N6O. The van der Waals surface area contributed by atoms with E-state index in [9.17, 15) is 18.3 Å². The van der Waals surface area contributed by atoms with Crippen molar-refractivity contribution in [3.8, 4) is 0 Å². The van der Waals surface area contributed by atoms with Crippen LogP contribution >= 0.6 is 0 Å².